The summed E-state index contributed by atoms with van der Waals surface area (Å²) >= 11 is 0. The maximum atomic E-state index is 8.90. The van der Waals surface area contributed by atoms with Gasteiger partial charge in [-0.2, -0.15) is 0 Å². The summed E-state index contributed by atoms with van der Waals surface area (Å²) in [6, 6.07) is 0. The Hall–Kier alpha value is -0.630. The molecule has 2 nitrogen and oxygen atoms in total. The highest BCUT2D eigenvalue weighted by atomic mass is 16.3. The SMILES string of the molecule is CC(O)C1=CC=NC1. The van der Waals surface area contributed by atoms with Gasteiger partial charge in [0, 0.05) is 6.21 Å². The van der Waals surface area contributed by atoms with E-state index in [-0.39, 0.29) is 6.10 Å². The van der Waals surface area contributed by atoms with Gasteiger partial charge in [0.25, 0.3) is 0 Å². The molecule has 0 aliphatic carbocycles. The van der Waals surface area contributed by atoms with Gasteiger partial charge in [-0.3, -0.25) is 4.99 Å². The van der Waals surface area contributed by atoms with Crippen molar-refractivity contribution in [3.05, 3.63) is 11.6 Å². The lowest BCUT2D eigenvalue weighted by atomic mass is 10.2. The molecule has 1 N–H and O–H groups in total. The molecule has 0 aromatic rings. The van der Waals surface area contributed by atoms with Crippen LogP contribution in [0.4, 0.5) is 0 Å². The lowest BCUT2D eigenvalue weighted by Crippen LogP contribution is -2.04. The average molecular weight is 111 g/mol. The number of aliphatic hydroxyl groups is 1. The summed E-state index contributed by atoms with van der Waals surface area (Å²) in [4.78, 5) is 3.91. The largest absolute Gasteiger partial charge is 0.389 e. The number of hydrogen-bond acceptors (Lipinski definition) is 2. The van der Waals surface area contributed by atoms with Gasteiger partial charge in [0.1, 0.15) is 0 Å². The predicted molar refractivity (Wildman–Crippen MR) is 33.1 cm³/mol. The van der Waals surface area contributed by atoms with E-state index >= 15 is 0 Å². The minimum Gasteiger partial charge on any atom is -0.389 e. The quantitative estimate of drug-likeness (QED) is 0.521. The molecule has 8 heavy (non-hydrogen) atoms. The van der Waals surface area contributed by atoms with Gasteiger partial charge in [-0.05, 0) is 18.6 Å². The fourth-order valence-electron chi connectivity index (χ4n) is 0.631. The smallest absolute Gasteiger partial charge is 0.0743 e. The molecule has 44 valence electrons. The summed E-state index contributed by atoms with van der Waals surface area (Å²) in [7, 11) is 0. The number of nitrogens with zero attached hydrogens (tertiary/aromatic N) is 1. The highest BCUT2D eigenvalue weighted by molar-refractivity contribution is 5.75. The highest BCUT2D eigenvalue weighted by Crippen LogP contribution is 2.04. The van der Waals surface area contributed by atoms with Crippen molar-refractivity contribution in [2.24, 2.45) is 4.99 Å². The Kier molecular flexibility index (Phi) is 1.44. The fraction of sp³-hybridized carbons (Fsp3) is 0.500. The van der Waals surface area contributed by atoms with Crippen LogP contribution in [0.3, 0.4) is 0 Å². The number of aliphatic hydroxyl groups excluding tert-OH is 1. The van der Waals surface area contributed by atoms with Crippen molar-refractivity contribution >= 4 is 6.21 Å². The zero-order valence-electron chi connectivity index (χ0n) is 4.83. The molecule has 0 saturated carbocycles. The molecule has 0 fully saturated rings. The Labute approximate surface area is 48.6 Å². The van der Waals surface area contributed by atoms with Gasteiger partial charge in [0.2, 0.25) is 0 Å². The maximum Gasteiger partial charge on any atom is 0.0743 e. The second-order valence-corrected chi connectivity index (χ2v) is 1.91. The first-order chi connectivity index (χ1) is 3.80. The maximum absolute atomic E-state index is 8.90. The van der Waals surface area contributed by atoms with Crippen LogP contribution in [0.1, 0.15) is 6.92 Å². The molecule has 0 aromatic carbocycles. The van der Waals surface area contributed by atoms with Crippen molar-refractivity contribution in [2.45, 2.75) is 13.0 Å². The summed E-state index contributed by atoms with van der Waals surface area (Å²) in [6.07, 6.45) is 3.25. The zero-order valence-corrected chi connectivity index (χ0v) is 4.83. The van der Waals surface area contributed by atoms with Gasteiger partial charge in [0.05, 0.1) is 12.6 Å². The Morgan fingerprint density at radius 2 is 2.62 bits per heavy atom. The van der Waals surface area contributed by atoms with E-state index in [1.54, 1.807) is 13.1 Å². The van der Waals surface area contributed by atoms with Crippen LogP contribution >= 0.6 is 0 Å². The molecular weight excluding hydrogens is 102 g/mol. The van der Waals surface area contributed by atoms with Crippen LogP contribution in [0.15, 0.2) is 16.6 Å². The molecule has 0 radical (unpaired) electrons. The Balaban J connectivity index is 2.51. The van der Waals surface area contributed by atoms with Crippen LogP contribution in [0, 0.1) is 0 Å². The van der Waals surface area contributed by atoms with Crippen molar-refractivity contribution < 1.29 is 5.11 Å². The molecule has 1 unspecified atom stereocenters. The molecule has 0 aromatic heterocycles. The van der Waals surface area contributed by atoms with Crippen molar-refractivity contribution in [3.63, 3.8) is 0 Å². The minimum atomic E-state index is -0.322. The van der Waals surface area contributed by atoms with Crippen LogP contribution in [-0.4, -0.2) is 24.0 Å². The molecule has 1 heterocycles. The van der Waals surface area contributed by atoms with E-state index in [4.69, 9.17) is 5.11 Å². The van der Waals surface area contributed by atoms with E-state index in [9.17, 15) is 0 Å². The molecular formula is C6H9NO. The van der Waals surface area contributed by atoms with Gasteiger partial charge in [-0.25, -0.2) is 0 Å². The predicted octanol–water partition coefficient (Wildman–Crippen LogP) is 0.378. The van der Waals surface area contributed by atoms with E-state index in [2.05, 4.69) is 4.99 Å². The van der Waals surface area contributed by atoms with Gasteiger partial charge in [-0.15, -0.1) is 0 Å². The Bertz CT molecular complexity index is 135. The van der Waals surface area contributed by atoms with Crippen molar-refractivity contribution in [1.29, 1.82) is 0 Å². The van der Waals surface area contributed by atoms with Gasteiger partial charge in [-0.1, -0.05) is 0 Å². The molecule has 0 bridgehead atoms. The van der Waals surface area contributed by atoms with Crippen molar-refractivity contribution in [1.82, 2.24) is 0 Å². The molecule has 1 atom stereocenters. The molecule has 1 aliphatic rings. The van der Waals surface area contributed by atoms with Crippen LogP contribution in [0.5, 0.6) is 0 Å². The lowest BCUT2D eigenvalue weighted by molar-refractivity contribution is 0.230. The molecule has 0 saturated heterocycles. The third kappa shape index (κ3) is 0.954. The van der Waals surface area contributed by atoms with E-state index < -0.39 is 0 Å². The number of rotatable bonds is 1. The third-order valence-corrected chi connectivity index (χ3v) is 1.20. The van der Waals surface area contributed by atoms with Crippen LogP contribution < -0.4 is 0 Å². The van der Waals surface area contributed by atoms with E-state index in [1.165, 1.54) is 0 Å². The molecule has 2 heteroatoms. The summed E-state index contributed by atoms with van der Waals surface area (Å²) in [6.45, 7) is 2.43. The van der Waals surface area contributed by atoms with E-state index in [0.29, 0.717) is 6.54 Å². The van der Waals surface area contributed by atoms with Gasteiger partial charge < -0.3 is 5.11 Å². The van der Waals surface area contributed by atoms with Crippen molar-refractivity contribution in [3.8, 4) is 0 Å². The third-order valence-electron chi connectivity index (χ3n) is 1.20. The van der Waals surface area contributed by atoms with Crippen LogP contribution in [-0.2, 0) is 0 Å². The lowest BCUT2D eigenvalue weighted by Gasteiger charge is -2.00. The first kappa shape index (κ1) is 5.51. The first-order valence-electron chi connectivity index (χ1n) is 2.67. The summed E-state index contributed by atoms with van der Waals surface area (Å²) in [5.74, 6) is 0. The summed E-state index contributed by atoms with van der Waals surface area (Å²) < 4.78 is 0. The summed E-state index contributed by atoms with van der Waals surface area (Å²) in [5.41, 5.74) is 1.00. The van der Waals surface area contributed by atoms with Gasteiger partial charge in [0.15, 0.2) is 0 Å². The monoisotopic (exact) mass is 111 g/mol. The number of hydrogen-bond donors (Lipinski definition) is 1. The second kappa shape index (κ2) is 2.09. The molecule has 1 aliphatic heterocycles. The first-order valence-corrected chi connectivity index (χ1v) is 2.67. The summed E-state index contributed by atoms with van der Waals surface area (Å²) in [5, 5.41) is 8.90. The number of aliphatic imine (C=N–C) groups is 1. The van der Waals surface area contributed by atoms with E-state index in [0.717, 1.165) is 5.57 Å². The topological polar surface area (TPSA) is 32.6 Å². The Morgan fingerprint density at radius 3 is 2.88 bits per heavy atom. The number of allylic oxidation sites excluding steroid dienone is 1. The Morgan fingerprint density at radius 1 is 1.88 bits per heavy atom. The molecule has 0 spiro atoms. The second-order valence-electron chi connectivity index (χ2n) is 1.91. The highest BCUT2D eigenvalue weighted by Gasteiger charge is 2.04. The fourth-order valence-corrected chi connectivity index (χ4v) is 0.631. The van der Waals surface area contributed by atoms with Gasteiger partial charge >= 0.3 is 0 Å². The molecule has 1 rings (SSSR count). The minimum absolute atomic E-state index is 0.322. The van der Waals surface area contributed by atoms with E-state index in [1.807, 2.05) is 6.08 Å². The molecule has 0 amide bonds. The zero-order chi connectivity index (χ0) is 5.98. The van der Waals surface area contributed by atoms with Crippen molar-refractivity contribution in [2.75, 3.05) is 6.54 Å². The normalized spacial score (nSPS) is 21.0. The van der Waals surface area contributed by atoms with Crippen LogP contribution in [0.25, 0.3) is 0 Å². The standard InChI is InChI=1S/C6H9NO/c1-5(8)6-2-3-7-4-6/h2-3,5,8H,4H2,1H3. The average Bonchev–Trinajstić information content (AvgIpc) is 2.12. The van der Waals surface area contributed by atoms with Crippen LogP contribution in [0.2, 0.25) is 0 Å².